The first-order valence-corrected chi connectivity index (χ1v) is 7.57. The number of aliphatic hydroxyl groups is 1. The molecule has 4 unspecified atom stereocenters. The molecule has 20 heavy (non-hydrogen) atoms. The fourth-order valence-corrected chi connectivity index (χ4v) is 3.00. The van der Waals surface area contributed by atoms with Gasteiger partial charge < -0.3 is 14.7 Å². The van der Waals surface area contributed by atoms with E-state index in [1.807, 2.05) is 23.8 Å². The Morgan fingerprint density at radius 2 is 1.95 bits per heavy atom. The number of piperidine rings is 1. The molecule has 1 heterocycles. The number of amides is 1. The van der Waals surface area contributed by atoms with Crippen molar-refractivity contribution in [1.82, 2.24) is 9.80 Å². The van der Waals surface area contributed by atoms with E-state index in [-0.39, 0.29) is 11.9 Å². The summed E-state index contributed by atoms with van der Waals surface area (Å²) in [7, 11) is 3.44. The zero-order valence-electron chi connectivity index (χ0n) is 13.5. The molecule has 0 radical (unpaired) electrons. The number of aliphatic hydroxyl groups excluding tert-OH is 1. The number of hydrogen-bond acceptors (Lipinski definition) is 4. The third-order valence-electron chi connectivity index (χ3n) is 4.32. The lowest BCUT2D eigenvalue weighted by atomic mass is 9.96. The summed E-state index contributed by atoms with van der Waals surface area (Å²) in [6.07, 6.45) is 2.80. The molecule has 0 aliphatic carbocycles. The second kappa shape index (κ2) is 7.96. The highest BCUT2D eigenvalue weighted by Crippen LogP contribution is 2.23. The van der Waals surface area contributed by atoms with Gasteiger partial charge in [-0.05, 0) is 47.1 Å². The Morgan fingerprint density at radius 1 is 1.40 bits per heavy atom. The fraction of sp³-hybridized carbons (Fsp3) is 0.933. The van der Waals surface area contributed by atoms with Crippen molar-refractivity contribution in [2.75, 3.05) is 27.3 Å². The molecule has 5 nitrogen and oxygen atoms in total. The summed E-state index contributed by atoms with van der Waals surface area (Å²) in [5.74, 6) is 0.164. The largest absolute Gasteiger partial charge is 0.389 e. The van der Waals surface area contributed by atoms with Gasteiger partial charge in [-0.2, -0.15) is 0 Å². The van der Waals surface area contributed by atoms with Gasteiger partial charge in [-0.15, -0.1) is 0 Å². The first-order chi connectivity index (χ1) is 9.38. The van der Waals surface area contributed by atoms with Gasteiger partial charge in [0.25, 0.3) is 0 Å². The lowest BCUT2D eigenvalue weighted by Gasteiger charge is -2.42. The van der Waals surface area contributed by atoms with Crippen LogP contribution in [0.5, 0.6) is 0 Å². The number of rotatable bonds is 6. The smallest absolute Gasteiger partial charge is 0.240 e. The normalized spacial score (nSPS) is 26.6. The average Bonchev–Trinajstić information content (AvgIpc) is 2.37. The van der Waals surface area contributed by atoms with Crippen LogP contribution in [0.25, 0.3) is 0 Å². The highest BCUT2D eigenvalue weighted by Gasteiger charge is 2.33. The van der Waals surface area contributed by atoms with Crippen LogP contribution in [0.4, 0.5) is 0 Å². The number of methoxy groups -OCH3 is 1. The molecule has 5 heteroatoms. The Hall–Kier alpha value is -0.650. The summed E-state index contributed by atoms with van der Waals surface area (Å²) in [5, 5.41) is 9.77. The van der Waals surface area contributed by atoms with E-state index in [9.17, 15) is 9.90 Å². The summed E-state index contributed by atoms with van der Waals surface area (Å²) >= 11 is 0. The molecule has 0 bridgehead atoms. The highest BCUT2D eigenvalue weighted by molar-refractivity contribution is 5.82. The van der Waals surface area contributed by atoms with Gasteiger partial charge in [-0.3, -0.25) is 9.69 Å². The minimum Gasteiger partial charge on any atom is -0.389 e. The van der Waals surface area contributed by atoms with Crippen molar-refractivity contribution >= 4 is 5.91 Å². The van der Waals surface area contributed by atoms with Crippen LogP contribution in [-0.4, -0.2) is 72.4 Å². The van der Waals surface area contributed by atoms with Crippen molar-refractivity contribution in [3.63, 3.8) is 0 Å². The maximum Gasteiger partial charge on any atom is 0.240 e. The van der Waals surface area contributed by atoms with E-state index in [2.05, 4.69) is 13.8 Å². The van der Waals surface area contributed by atoms with E-state index in [1.54, 1.807) is 7.11 Å². The zero-order chi connectivity index (χ0) is 15.3. The molecule has 1 saturated heterocycles. The quantitative estimate of drug-likeness (QED) is 0.794. The van der Waals surface area contributed by atoms with Crippen LogP contribution >= 0.6 is 0 Å². The predicted molar refractivity (Wildman–Crippen MR) is 79.6 cm³/mol. The van der Waals surface area contributed by atoms with Gasteiger partial charge in [0.1, 0.15) is 0 Å². The minimum atomic E-state index is -0.559. The summed E-state index contributed by atoms with van der Waals surface area (Å²) in [4.78, 5) is 16.6. The van der Waals surface area contributed by atoms with Gasteiger partial charge in [0.05, 0.1) is 18.8 Å². The molecule has 1 rings (SSSR count). The average molecular weight is 286 g/mol. The molecule has 0 spiro atoms. The van der Waals surface area contributed by atoms with E-state index in [4.69, 9.17) is 4.74 Å². The van der Waals surface area contributed by atoms with Crippen molar-refractivity contribution in [2.24, 2.45) is 0 Å². The van der Waals surface area contributed by atoms with Crippen molar-refractivity contribution in [2.45, 2.75) is 64.3 Å². The number of nitrogens with zero attached hydrogens (tertiary/aromatic N) is 2. The third kappa shape index (κ3) is 4.43. The SMILES string of the molecule is COCC(O)CN(C)C(C)C(=O)N1C(C)CCCC1C. The number of hydrogen-bond donors (Lipinski definition) is 1. The summed E-state index contributed by atoms with van der Waals surface area (Å²) in [6.45, 7) is 6.90. The Labute approximate surface area is 122 Å². The van der Waals surface area contributed by atoms with Gasteiger partial charge in [0.2, 0.25) is 5.91 Å². The molecular formula is C15H30N2O3. The van der Waals surface area contributed by atoms with Crippen molar-refractivity contribution in [3.8, 4) is 0 Å². The van der Waals surface area contributed by atoms with E-state index in [1.165, 1.54) is 6.42 Å². The molecule has 0 aromatic heterocycles. The van der Waals surface area contributed by atoms with Crippen LogP contribution in [0.3, 0.4) is 0 Å². The molecule has 0 aromatic carbocycles. The lowest BCUT2D eigenvalue weighted by molar-refractivity contribution is -0.142. The second-order valence-corrected chi connectivity index (χ2v) is 6.10. The lowest BCUT2D eigenvalue weighted by Crippen LogP contribution is -2.55. The molecular weight excluding hydrogens is 256 g/mol. The number of carbonyl (C=O) groups excluding carboxylic acids is 1. The van der Waals surface area contributed by atoms with Crippen LogP contribution in [0.1, 0.15) is 40.0 Å². The summed E-state index contributed by atoms with van der Waals surface area (Å²) in [5.41, 5.74) is 0. The van der Waals surface area contributed by atoms with Gasteiger partial charge >= 0.3 is 0 Å². The number of likely N-dealkylation sites (tertiary alicyclic amines) is 1. The van der Waals surface area contributed by atoms with Crippen LogP contribution < -0.4 is 0 Å². The Balaban J connectivity index is 2.60. The molecule has 118 valence electrons. The van der Waals surface area contributed by atoms with Crippen LogP contribution in [0.2, 0.25) is 0 Å². The number of carbonyl (C=O) groups is 1. The number of ether oxygens (including phenoxy) is 1. The van der Waals surface area contributed by atoms with E-state index < -0.39 is 6.10 Å². The first-order valence-electron chi connectivity index (χ1n) is 7.57. The van der Waals surface area contributed by atoms with E-state index in [0.29, 0.717) is 25.2 Å². The van der Waals surface area contributed by atoms with Gasteiger partial charge in [-0.25, -0.2) is 0 Å². The third-order valence-corrected chi connectivity index (χ3v) is 4.32. The molecule has 1 fully saturated rings. The predicted octanol–water partition coefficient (Wildman–Crippen LogP) is 1.10. The monoisotopic (exact) mass is 286 g/mol. The van der Waals surface area contributed by atoms with Crippen molar-refractivity contribution in [1.29, 1.82) is 0 Å². The molecule has 1 N–H and O–H groups in total. The minimum absolute atomic E-state index is 0.164. The van der Waals surface area contributed by atoms with Gasteiger partial charge in [0, 0.05) is 25.7 Å². The van der Waals surface area contributed by atoms with Gasteiger partial charge in [0.15, 0.2) is 0 Å². The summed E-state index contributed by atoms with van der Waals surface area (Å²) < 4.78 is 4.92. The van der Waals surface area contributed by atoms with Crippen molar-refractivity contribution < 1.29 is 14.6 Å². The van der Waals surface area contributed by atoms with Crippen LogP contribution in [0, 0.1) is 0 Å². The summed E-state index contributed by atoms with van der Waals surface area (Å²) in [6, 6.07) is 0.404. The van der Waals surface area contributed by atoms with E-state index >= 15 is 0 Å². The molecule has 4 atom stereocenters. The maximum absolute atomic E-state index is 12.7. The molecule has 0 aromatic rings. The second-order valence-electron chi connectivity index (χ2n) is 6.10. The first kappa shape index (κ1) is 17.4. The molecule has 1 amide bonds. The number of likely N-dealkylation sites (N-methyl/N-ethyl adjacent to an activating group) is 1. The van der Waals surface area contributed by atoms with Crippen molar-refractivity contribution in [3.05, 3.63) is 0 Å². The molecule has 1 aliphatic rings. The Morgan fingerprint density at radius 3 is 2.45 bits per heavy atom. The van der Waals surface area contributed by atoms with Gasteiger partial charge in [-0.1, -0.05) is 0 Å². The maximum atomic E-state index is 12.7. The van der Waals surface area contributed by atoms with E-state index in [0.717, 1.165) is 12.8 Å². The highest BCUT2D eigenvalue weighted by atomic mass is 16.5. The van der Waals surface area contributed by atoms with Crippen LogP contribution in [0.15, 0.2) is 0 Å². The topological polar surface area (TPSA) is 53.0 Å². The standard InChI is InChI=1S/C15H30N2O3/c1-11-7-6-8-12(2)17(11)15(19)13(3)16(4)9-14(18)10-20-5/h11-14,18H,6-10H2,1-5H3. The Bertz CT molecular complexity index is 301. The molecule has 0 saturated carbocycles. The van der Waals surface area contributed by atoms with Crippen LogP contribution in [-0.2, 0) is 9.53 Å². The Kier molecular flexibility index (Phi) is 6.92. The molecule has 1 aliphatic heterocycles. The zero-order valence-corrected chi connectivity index (χ0v) is 13.5. The fourth-order valence-electron chi connectivity index (χ4n) is 3.00.